The van der Waals surface area contributed by atoms with Crippen molar-refractivity contribution in [1.82, 2.24) is 5.32 Å². The quantitative estimate of drug-likeness (QED) is 0.855. The maximum absolute atomic E-state index is 13.9. The summed E-state index contributed by atoms with van der Waals surface area (Å²) in [6.07, 6.45) is -1.55. The van der Waals surface area contributed by atoms with Crippen LogP contribution in [-0.4, -0.2) is 13.7 Å². The Hall–Kier alpha value is -1.56. The number of ether oxygens (including phenoxy) is 1. The summed E-state index contributed by atoms with van der Waals surface area (Å²) < 4.78 is 57.2. The molecule has 2 nitrogen and oxygen atoms in total. The van der Waals surface area contributed by atoms with Gasteiger partial charge in [0.2, 0.25) is 0 Å². The summed E-state index contributed by atoms with van der Waals surface area (Å²) >= 11 is 0. The summed E-state index contributed by atoms with van der Waals surface area (Å²) in [5.74, 6) is -0.663. The Bertz CT molecular complexity index is 510. The highest BCUT2D eigenvalue weighted by molar-refractivity contribution is 5.34. The van der Waals surface area contributed by atoms with E-state index in [9.17, 15) is 17.6 Å². The van der Waals surface area contributed by atoms with Crippen LogP contribution in [0.2, 0.25) is 0 Å². The zero-order valence-electron chi connectivity index (χ0n) is 10.9. The minimum Gasteiger partial charge on any atom is -0.501 e. The van der Waals surface area contributed by atoms with Crippen LogP contribution in [0, 0.1) is 5.82 Å². The molecule has 0 fully saturated rings. The van der Waals surface area contributed by atoms with E-state index in [1.54, 1.807) is 7.05 Å². The number of hydrogen-bond acceptors (Lipinski definition) is 2. The normalized spacial score (nSPS) is 17.4. The van der Waals surface area contributed by atoms with Gasteiger partial charge in [-0.15, -0.1) is 0 Å². The Labute approximate surface area is 114 Å². The van der Waals surface area contributed by atoms with Crippen molar-refractivity contribution in [3.05, 3.63) is 47.0 Å². The first-order valence-electron chi connectivity index (χ1n) is 6.28. The van der Waals surface area contributed by atoms with Gasteiger partial charge in [-0.1, -0.05) is 0 Å². The first-order valence-corrected chi connectivity index (χ1v) is 6.28. The van der Waals surface area contributed by atoms with Crippen molar-refractivity contribution in [3.63, 3.8) is 0 Å². The van der Waals surface area contributed by atoms with E-state index in [-0.39, 0.29) is 5.56 Å². The number of benzene rings is 1. The van der Waals surface area contributed by atoms with Gasteiger partial charge in [0.25, 0.3) is 0 Å². The lowest BCUT2D eigenvalue weighted by Gasteiger charge is -2.24. The Kier molecular flexibility index (Phi) is 4.32. The highest BCUT2D eigenvalue weighted by Gasteiger charge is 2.32. The zero-order chi connectivity index (χ0) is 14.8. The fourth-order valence-corrected chi connectivity index (χ4v) is 2.28. The first-order chi connectivity index (χ1) is 9.43. The lowest BCUT2D eigenvalue weighted by Crippen LogP contribution is -2.22. The molecule has 0 aromatic heterocycles. The van der Waals surface area contributed by atoms with E-state index in [1.165, 1.54) is 6.26 Å². The fourth-order valence-electron chi connectivity index (χ4n) is 2.28. The van der Waals surface area contributed by atoms with Gasteiger partial charge in [-0.25, -0.2) is 4.39 Å². The molecule has 1 aromatic rings. The summed E-state index contributed by atoms with van der Waals surface area (Å²) in [7, 11) is 1.58. The van der Waals surface area contributed by atoms with Gasteiger partial charge >= 0.3 is 6.18 Å². The third-order valence-corrected chi connectivity index (χ3v) is 3.26. The number of nitrogens with one attached hydrogen (secondary N) is 1. The minimum absolute atomic E-state index is 0.0147. The van der Waals surface area contributed by atoms with Gasteiger partial charge in [-0.3, -0.25) is 0 Å². The largest absolute Gasteiger partial charge is 0.501 e. The molecule has 1 unspecified atom stereocenters. The maximum Gasteiger partial charge on any atom is 0.416 e. The minimum atomic E-state index is -4.49. The Morgan fingerprint density at radius 2 is 2.05 bits per heavy atom. The van der Waals surface area contributed by atoms with Crippen molar-refractivity contribution in [3.8, 4) is 0 Å². The van der Waals surface area contributed by atoms with Crippen molar-refractivity contribution < 1.29 is 22.3 Å². The molecule has 0 bridgehead atoms. The van der Waals surface area contributed by atoms with Gasteiger partial charge in [0.15, 0.2) is 0 Å². The molecule has 1 aliphatic rings. The summed E-state index contributed by atoms with van der Waals surface area (Å²) in [5.41, 5.74) is -0.123. The molecule has 0 radical (unpaired) electrons. The van der Waals surface area contributed by atoms with Crippen molar-refractivity contribution >= 4 is 0 Å². The van der Waals surface area contributed by atoms with E-state index >= 15 is 0 Å². The maximum atomic E-state index is 13.9. The van der Waals surface area contributed by atoms with Crippen LogP contribution < -0.4 is 5.32 Å². The summed E-state index contributed by atoms with van der Waals surface area (Å²) in [5, 5.41) is 2.85. The van der Waals surface area contributed by atoms with Gasteiger partial charge in [0.05, 0.1) is 24.5 Å². The molecule has 0 spiro atoms. The topological polar surface area (TPSA) is 21.3 Å². The van der Waals surface area contributed by atoms with Crippen LogP contribution in [-0.2, 0) is 10.9 Å². The number of hydrogen-bond donors (Lipinski definition) is 1. The molecule has 0 saturated carbocycles. The van der Waals surface area contributed by atoms with E-state index in [2.05, 4.69) is 5.32 Å². The van der Waals surface area contributed by atoms with E-state index in [0.29, 0.717) is 13.0 Å². The van der Waals surface area contributed by atoms with E-state index < -0.39 is 23.6 Å². The molecule has 0 amide bonds. The number of rotatable bonds is 3. The van der Waals surface area contributed by atoms with Gasteiger partial charge in [0.1, 0.15) is 5.82 Å². The smallest absolute Gasteiger partial charge is 0.416 e. The molecule has 1 aromatic carbocycles. The predicted octanol–water partition coefficient (Wildman–Crippen LogP) is 3.80. The molecule has 6 heteroatoms. The molecule has 1 aliphatic heterocycles. The van der Waals surface area contributed by atoms with Crippen LogP contribution in [0.4, 0.5) is 17.6 Å². The third-order valence-electron chi connectivity index (χ3n) is 3.26. The van der Waals surface area contributed by atoms with E-state index in [4.69, 9.17) is 4.74 Å². The monoisotopic (exact) mass is 289 g/mol. The summed E-state index contributed by atoms with van der Waals surface area (Å²) in [4.78, 5) is 0. The van der Waals surface area contributed by atoms with Crippen LogP contribution in [0.1, 0.15) is 30.0 Å². The molecule has 1 N–H and O–H groups in total. The van der Waals surface area contributed by atoms with Gasteiger partial charge in [-0.2, -0.15) is 13.2 Å². The van der Waals surface area contributed by atoms with E-state index in [0.717, 1.165) is 30.2 Å². The second-order valence-corrected chi connectivity index (χ2v) is 4.62. The predicted molar refractivity (Wildman–Crippen MR) is 66.5 cm³/mol. The standard InChI is InChI=1S/C14H15F4NO/c1-19-13(9-3-2-6-20-8-9)11-7-10(14(16,17)18)4-5-12(11)15/h4-5,7-8,13,19H,2-3,6H2,1H3. The van der Waals surface area contributed by atoms with Crippen LogP contribution in [0.3, 0.4) is 0 Å². The molecule has 0 aliphatic carbocycles. The van der Waals surface area contributed by atoms with Gasteiger partial charge in [-0.05, 0) is 43.7 Å². The first kappa shape index (κ1) is 14.8. The Morgan fingerprint density at radius 1 is 1.30 bits per heavy atom. The lowest BCUT2D eigenvalue weighted by atomic mass is 9.93. The molecule has 110 valence electrons. The number of alkyl halides is 3. The highest BCUT2D eigenvalue weighted by atomic mass is 19.4. The molecule has 0 saturated heterocycles. The highest BCUT2D eigenvalue weighted by Crippen LogP contribution is 2.34. The summed E-state index contributed by atoms with van der Waals surface area (Å²) in [6, 6.07) is 1.84. The van der Waals surface area contributed by atoms with Crippen LogP contribution >= 0.6 is 0 Å². The molecule has 20 heavy (non-hydrogen) atoms. The molecule has 2 rings (SSSR count). The van der Waals surface area contributed by atoms with Crippen molar-refractivity contribution in [2.24, 2.45) is 0 Å². The Balaban J connectivity index is 2.40. The second-order valence-electron chi connectivity index (χ2n) is 4.62. The fraction of sp³-hybridized carbons (Fsp3) is 0.429. The van der Waals surface area contributed by atoms with Crippen LogP contribution in [0.15, 0.2) is 30.0 Å². The lowest BCUT2D eigenvalue weighted by molar-refractivity contribution is -0.137. The average Bonchev–Trinajstić information content (AvgIpc) is 2.41. The van der Waals surface area contributed by atoms with Crippen LogP contribution in [0.25, 0.3) is 0 Å². The van der Waals surface area contributed by atoms with E-state index in [1.807, 2.05) is 0 Å². The Morgan fingerprint density at radius 3 is 2.60 bits per heavy atom. The molecular formula is C14H15F4NO. The SMILES string of the molecule is CNC(C1=COCCC1)c1cc(C(F)(F)F)ccc1F. The van der Waals surface area contributed by atoms with Crippen molar-refractivity contribution in [2.75, 3.05) is 13.7 Å². The summed E-state index contributed by atoms with van der Waals surface area (Å²) in [6.45, 7) is 0.574. The second kappa shape index (κ2) is 5.83. The molecule has 1 heterocycles. The number of likely N-dealkylation sites (N-methyl/N-ethyl adjacent to an activating group) is 1. The average molecular weight is 289 g/mol. The van der Waals surface area contributed by atoms with Crippen molar-refractivity contribution in [1.29, 1.82) is 0 Å². The molecule has 1 atom stereocenters. The van der Waals surface area contributed by atoms with Gasteiger partial charge in [0, 0.05) is 5.56 Å². The van der Waals surface area contributed by atoms with Crippen LogP contribution in [0.5, 0.6) is 0 Å². The third kappa shape index (κ3) is 3.12. The van der Waals surface area contributed by atoms with Gasteiger partial charge < -0.3 is 10.1 Å². The number of halogens is 4. The molecular weight excluding hydrogens is 274 g/mol. The zero-order valence-corrected chi connectivity index (χ0v) is 10.9. The van der Waals surface area contributed by atoms with Crippen molar-refractivity contribution in [2.45, 2.75) is 25.1 Å².